The Morgan fingerprint density at radius 1 is 0.933 bits per heavy atom. The van der Waals surface area contributed by atoms with Gasteiger partial charge in [-0.15, -0.1) is 0 Å². The Bertz CT molecular complexity index is 308. The number of amides is 3. The molecule has 0 aliphatic heterocycles. The minimum atomic E-state index is -0.537. The van der Waals surface area contributed by atoms with E-state index in [-0.39, 0.29) is 0 Å². The Kier molecular flexibility index (Phi) is 8.41. The quantitative estimate of drug-likeness (QED) is 0.396. The van der Waals surface area contributed by atoms with Crippen molar-refractivity contribution in [2.75, 3.05) is 0 Å². The highest BCUT2D eigenvalue weighted by atomic mass is 16.2. The molecule has 0 aromatic rings. The number of nitrogens with zero attached hydrogens (tertiary/aromatic N) is 1. The number of nitrogens with two attached hydrogens (primary N) is 1. The molecule has 0 aromatic heterocycles. The predicted molar refractivity (Wildman–Crippen MR) is 57.2 cm³/mol. The zero-order valence-corrected chi connectivity index (χ0v) is 8.31. The lowest BCUT2D eigenvalue weighted by molar-refractivity contribution is -0.365. The second kappa shape index (κ2) is 8.31. The lowest BCUT2D eigenvalue weighted by Crippen LogP contribution is -2.22. The fraction of sp³-hybridized carbons (Fsp3) is 0. The molecule has 0 spiro atoms. The lowest BCUT2D eigenvalue weighted by atomic mass is 10.5. The van der Waals surface area contributed by atoms with Crippen LogP contribution in [0.4, 0.5) is 0 Å². The summed E-state index contributed by atoms with van der Waals surface area (Å²) in [5, 5.41) is 0. The van der Waals surface area contributed by atoms with Crippen molar-refractivity contribution < 1.29 is 19.0 Å². The molecule has 0 aliphatic rings. The van der Waals surface area contributed by atoms with E-state index >= 15 is 0 Å². The Morgan fingerprint density at radius 2 is 1.20 bits per heavy atom. The van der Waals surface area contributed by atoms with Gasteiger partial charge in [0.2, 0.25) is 5.91 Å². The first-order valence-corrected chi connectivity index (χ1v) is 3.76. The van der Waals surface area contributed by atoms with E-state index < -0.39 is 17.7 Å². The van der Waals surface area contributed by atoms with Crippen LogP contribution in [0.15, 0.2) is 38.0 Å². The van der Waals surface area contributed by atoms with Gasteiger partial charge in [0.1, 0.15) is 6.72 Å². The molecule has 0 bridgehead atoms. The van der Waals surface area contributed by atoms with Gasteiger partial charge in [-0.1, -0.05) is 24.3 Å². The molecule has 0 atom stereocenters. The molecule has 0 saturated heterocycles. The Hall–Kier alpha value is -2.30. The fourth-order valence-corrected chi connectivity index (χ4v) is 0.329. The molecular formula is C10H13N2O3+. The van der Waals surface area contributed by atoms with Crippen molar-refractivity contribution in [2.45, 2.75) is 0 Å². The van der Waals surface area contributed by atoms with E-state index in [1.807, 2.05) is 0 Å². The van der Waals surface area contributed by atoms with Crippen LogP contribution in [0.1, 0.15) is 0 Å². The van der Waals surface area contributed by atoms with Gasteiger partial charge in [0, 0.05) is 12.2 Å². The molecule has 0 saturated carbocycles. The van der Waals surface area contributed by atoms with Crippen LogP contribution in [0.5, 0.6) is 0 Å². The number of carbonyl (C=O) groups excluding carboxylic acids is 3. The molecule has 0 rings (SSSR count). The van der Waals surface area contributed by atoms with Gasteiger partial charge in [-0.3, -0.25) is 4.79 Å². The minimum Gasteiger partial charge on any atom is -0.366 e. The number of rotatable bonds is 3. The first-order valence-electron chi connectivity index (χ1n) is 3.76. The number of primary amides is 1. The van der Waals surface area contributed by atoms with Crippen LogP contribution >= 0.6 is 0 Å². The van der Waals surface area contributed by atoms with Gasteiger partial charge in [0.25, 0.3) is 0 Å². The molecule has 5 heteroatoms. The van der Waals surface area contributed by atoms with E-state index in [9.17, 15) is 14.4 Å². The standard InChI is InChI=1S/C7H8NO2.C3H5NO/c1-4-6(9)8(3)7(10)5-2;1-2-3(4)5/h4-5H,1-3H2;2H,1H2,(H2,4,5)/q+1;. The Balaban J connectivity index is 0. The van der Waals surface area contributed by atoms with Crippen LogP contribution in [0.3, 0.4) is 0 Å². The third-order valence-corrected chi connectivity index (χ3v) is 1.08. The second-order valence-corrected chi connectivity index (χ2v) is 2.12. The Morgan fingerprint density at radius 3 is 1.33 bits per heavy atom. The summed E-state index contributed by atoms with van der Waals surface area (Å²) >= 11 is 0. The fourth-order valence-electron chi connectivity index (χ4n) is 0.329. The highest BCUT2D eigenvalue weighted by Crippen LogP contribution is 1.80. The van der Waals surface area contributed by atoms with Gasteiger partial charge in [-0.25, -0.2) is 9.59 Å². The van der Waals surface area contributed by atoms with E-state index in [1.54, 1.807) is 0 Å². The van der Waals surface area contributed by atoms with Crippen LogP contribution in [0.2, 0.25) is 0 Å². The summed E-state index contributed by atoms with van der Waals surface area (Å²) in [6.45, 7) is 12.6. The monoisotopic (exact) mass is 209 g/mol. The zero-order valence-electron chi connectivity index (χ0n) is 8.31. The van der Waals surface area contributed by atoms with Crippen molar-refractivity contribution in [2.24, 2.45) is 5.73 Å². The molecule has 0 aromatic carbocycles. The van der Waals surface area contributed by atoms with Gasteiger partial charge in [0.15, 0.2) is 0 Å². The molecule has 0 aliphatic carbocycles. The molecule has 5 nitrogen and oxygen atoms in total. The maximum Gasteiger partial charge on any atom is 0.419 e. The van der Waals surface area contributed by atoms with Crippen LogP contribution in [0.25, 0.3) is 0 Å². The molecular weight excluding hydrogens is 196 g/mol. The van der Waals surface area contributed by atoms with Crippen molar-refractivity contribution in [3.8, 4) is 0 Å². The molecule has 2 N–H and O–H groups in total. The van der Waals surface area contributed by atoms with Crippen molar-refractivity contribution >= 4 is 24.4 Å². The van der Waals surface area contributed by atoms with Crippen molar-refractivity contribution in [1.82, 2.24) is 0 Å². The highest BCUT2D eigenvalue weighted by Gasteiger charge is 2.16. The second-order valence-electron chi connectivity index (χ2n) is 2.12. The van der Waals surface area contributed by atoms with Crippen LogP contribution in [0, 0.1) is 0 Å². The van der Waals surface area contributed by atoms with E-state index in [4.69, 9.17) is 0 Å². The van der Waals surface area contributed by atoms with Crippen LogP contribution in [-0.2, 0) is 14.4 Å². The molecule has 0 fully saturated rings. The van der Waals surface area contributed by atoms with Crippen molar-refractivity contribution in [3.63, 3.8) is 0 Å². The van der Waals surface area contributed by atoms with Crippen LogP contribution in [-0.4, -0.2) is 29.0 Å². The predicted octanol–water partition coefficient (Wildman–Crippen LogP) is -0.218. The largest absolute Gasteiger partial charge is 0.419 e. The third-order valence-electron chi connectivity index (χ3n) is 1.08. The maximum absolute atomic E-state index is 10.6. The third kappa shape index (κ3) is 8.04. The van der Waals surface area contributed by atoms with Gasteiger partial charge < -0.3 is 5.73 Å². The van der Waals surface area contributed by atoms with E-state index in [1.165, 1.54) is 0 Å². The van der Waals surface area contributed by atoms with Gasteiger partial charge in [-0.2, -0.15) is 0 Å². The van der Waals surface area contributed by atoms with Gasteiger partial charge in [0.05, 0.1) is 0 Å². The summed E-state index contributed by atoms with van der Waals surface area (Å²) < 4.78 is 0.681. The summed E-state index contributed by atoms with van der Waals surface area (Å²) in [4.78, 5) is 30.6. The summed E-state index contributed by atoms with van der Waals surface area (Å²) in [6, 6.07) is 0. The summed E-state index contributed by atoms with van der Waals surface area (Å²) in [5.41, 5.74) is 4.53. The van der Waals surface area contributed by atoms with E-state index in [0.717, 1.165) is 18.2 Å². The topological polar surface area (TPSA) is 80.2 Å². The summed E-state index contributed by atoms with van der Waals surface area (Å²) in [7, 11) is 0. The first-order chi connectivity index (χ1) is 6.90. The highest BCUT2D eigenvalue weighted by molar-refractivity contribution is 5.94. The van der Waals surface area contributed by atoms with Crippen molar-refractivity contribution in [3.05, 3.63) is 38.0 Å². The Labute approximate surface area is 87.9 Å². The number of carbonyl (C=O) groups is 3. The lowest BCUT2D eigenvalue weighted by Gasteiger charge is -1.84. The van der Waals surface area contributed by atoms with Gasteiger partial charge >= 0.3 is 11.8 Å². The summed E-state index contributed by atoms with van der Waals surface area (Å²) in [6.07, 6.45) is 3.07. The minimum absolute atomic E-state index is 0.481. The summed E-state index contributed by atoms with van der Waals surface area (Å²) in [5.74, 6) is -1.56. The smallest absolute Gasteiger partial charge is 0.366 e. The molecule has 0 radical (unpaired) electrons. The molecule has 3 amide bonds. The zero-order chi connectivity index (χ0) is 12.4. The SMILES string of the molecule is C=CC(=O)[N+](=C)C(=O)C=C.C=CC(N)=O. The molecule has 80 valence electrons. The maximum atomic E-state index is 10.6. The number of imide groups is 1. The van der Waals surface area contributed by atoms with Gasteiger partial charge in [-0.05, 0) is 6.08 Å². The molecule has 15 heavy (non-hydrogen) atoms. The van der Waals surface area contributed by atoms with E-state index in [2.05, 4.69) is 32.2 Å². The van der Waals surface area contributed by atoms with E-state index in [0.29, 0.717) is 4.58 Å². The average molecular weight is 209 g/mol. The first kappa shape index (κ1) is 15.2. The molecule has 0 unspecified atom stereocenters. The van der Waals surface area contributed by atoms with Crippen molar-refractivity contribution in [1.29, 1.82) is 0 Å². The number of hydrogen-bond acceptors (Lipinski definition) is 3. The normalized spacial score (nSPS) is 7.47. The average Bonchev–Trinajstić information content (AvgIpc) is 2.26. The number of hydrogen-bond donors (Lipinski definition) is 1. The molecule has 0 heterocycles. The van der Waals surface area contributed by atoms with Crippen LogP contribution < -0.4 is 5.73 Å².